The van der Waals surface area contributed by atoms with Gasteiger partial charge in [-0.15, -0.1) is 0 Å². The van der Waals surface area contributed by atoms with E-state index in [1.807, 2.05) is 25.7 Å². The monoisotopic (exact) mass is 276 g/mol. The van der Waals surface area contributed by atoms with Gasteiger partial charge in [-0.25, -0.2) is 0 Å². The minimum Gasteiger partial charge on any atom is -0.508 e. The quantitative estimate of drug-likeness (QED) is 0.887. The van der Waals surface area contributed by atoms with Crippen molar-refractivity contribution in [3.8, 4) is 5.75 Å². The topological polar surface area (TPSA) is 52.6 Å². The summed E-state index contributed by atoms with van der Waals surface area (Å²) in [7, 11) is 0. The molecule has 0 aliphatic carbocycles. The molecule has 1 atom stereocenters. The molecule has 4 nitrogen and oxygen atoms in total. The van der Waals surface area contributed by atoms with Gasteiger partial charge in [-0.2, -0.15) is 0 Å². The molecule has 0 aromatic heterocycles. The van der Waals surface area contributed by atoms with Crippen molar-refractivity contribution >= 4 is 5.91 Å². The fraction of sp³-hybridized carbons (Fsp3) is 0.562. The van der Waals surface area contributed by atoms with Crippen molar-refractivity contribution in [1.82, 2.24) is 10.2 Å². The summed E-state index contributed by atoms with van der Waals surface area (Å²) in [5.74, 6) is 0.169. The van der Waals surface area contributed by atoms with E-state index in [0.717, 1.165) is 25.1 Å². The van der Waals surface area contributed by atoms with Crippen LogP contribution in [-0.4, -0.2) is 41.1 Å². The van der Waals surface area contributed by atoms with Gasteiger partial charge < -0.3 is 15.3 Å². The van der Waals surface area contributed by atoms with Crippen LogP contribution in [0.25, 0.3) is 0 Å². The summed E-state index contributed by atoms with van der Waals surface area (Å²) < 4.78 is 0. The van der Waals surface area contributed by atoms with E-state index in [4.69, 9.17) is 0 Å². The van der Waals surface area contributed by atoms with Gasteiger partial charge in [0.15, 0.2) is 0 Å². The third-order valence-electron chi connectivity index (χ3n) is 3.92. The van der Waals surface area contributed by atoms with Crippen molar-refractivity contribution in [3.63, 3.8) is 0 Å². The molecular weight excluding hydrogens is 252 g/mol. The summed E-state index contributed by atoms with van der Waals surface area (Å²) in [4.78, 5) is 14.5. The highest BCUT2D eigenvalue weighted by Crippen LogP contribution is 2.20. The van der Waals surface area contributed by atoms with E-state index in [2.05, 4.69) is 5.32 Å². The SMILES string of the molecule is Cc1ccc(C(=O)N(CC2CCCN2)C(C)C)cc1O. The summed E-state index contributed by atoms with van der Waals surface area (Å²) in [5.41, 5.74) is 1.34. The molecule has 1 aliphatic rings. The molecule has 1 aromatic carbocycles. The number of hydrogen-bond donors (Lipinski definition) is 2. The van der Waals surface area contributed by atoms with Gasteiger partial charge in [0.1, 0.15) is 5.75 Å². The zero-order valence-corrected chi connectivity index (χ0v) is 12.5. The van der Waals surface area contributed by atoms with Crippen LogP contribution in [0.3, 0.4) is 0 Å². The summed E-state index contributed by atoms with van der Waals surface area (Å²) in [5, 5.41) is 13.2. The Hall–Kier alpha value is -1.55. The van der Waals surface area contributed by atoms with E-state index < -0.39 is 0 Å². The maximum Gasteiger partial charge on any atom is 0.254 e. The Balaban J connectivity index is 2.15. The third-order valence-corrected chi connectivity index (χ3v) is 3.92. The van der Waals surface area contributed by atoms with Crippen LogP contribution in [0.15, 0.2) is 18.2 Å². The van der Waals surface area contributed by atoms with E-state index in [1.165, 1.54) is 6.42 Å². The molecule has 1 aromatic rings. The number of nitrogens with one attached hydrogen (secondary N) is 1. The lowest BCUT2D eigenvalue weighted by atomic mass is 10.1. The van der Waals surface area contributed by atoms with E-state index in [1.54, 1.807) is 18.2 Å². The standard InChI is InChI=1S/C16H24N2O2/c1-11(2)18(10-14-5-4-8-17-14)16(20)13-7-6-12(3)15(19)9-13/h6-7,9,11,14,17,19H,4-5,8,10H2,1-3H3. The van der Waals surface area contributed by atoms with Crippen LogP contribution < -0.4 is 5.32 Å². The van der Waals surface area contributed by atoms with E-state index in [9.17, 15) is 9.90 Å². The largest absolute Gasteiger partial charge is 0.508 e. The molecule has 2 rings (SSSR count). The van der Waals surface area contributed by atoms with Gasteiger partial charge in [0.2, 0.25) is 0 Å². The van der Waals surface area contributed by atoms with Gasteiger partial charge >= 0.3 is 0 Å². The molecule has 1 amide bonds. The molecule has 1 heterocycles. The maximum atomic E-state index is 12.6. The second kappa shape index (κ2) is 6.27. The van der Waals surface area contributed by atoms with Gasteiger partial charge in [-0.1, -0.05) is 6.07 Å². The molecule has 1 aliphatic heterocycles. The van der Waals surface area contributed by atoms with Crippen LogP contribution in [0.2, 0.25) is 0 Å². The molecular formula is C16H24N2O2. The van der Waals surface area contributed by atoms with Crippen molar-refractivity contribution < 1.29 is 9.90 Å². The van der Waals surface area contributed by atoms with Crippen LogP contribution in [0.4, 0.5) is 0 Å². The van der Waals surface area contributed by atoms with Gasteiger partial charge in [-0.05, 0) is 57.9 Å². The van der Waals surface area contributed by atoms with Crippen LogP contribution in [0.5, 0.6) is 5.75 Å². The normalized spacial score (nSPS) is 18.5. The number of rotatable bonds is 4. The molecule has 4 heteroatoms. The first kappa shape index (κ1) is 14.9. The molecule has 1 fully saturated rings. The first-order chi connectivity index (χ1) is 9.49. The number of aromatic hydroxyl groups is 1. The second-order valence-corrected chi connectivity index (χ2v) is 5.85. The highest BCUT2D eigenvalue weighted by atomic mass is 16.3. The Morgan fingerprint density at radius 1 is 1.50 bits per heavy atom. The van der Waals surface area contributed by atoms with Crippen LogP contribution in [0, 0.1) is 6.92 Å². The Kier molecular flexibility index (Phi) is 4.65. The maximum absolute atomic E-state index is 12.6. The number of phenolic OH excluding ortho intramolecular Hbond substituents is 1. The molecule has 110 valence electrons. The lowest BCUT2D eigenvalue weighted by Gasteiger charge is -2.29. The average Bonchev–Trinajstić information content (AvgIpc) is 2.91. The molecule has 1 saturated heterocycles. The smallest absolute Gasteiger partial charge is 0.254 e. The Bertz CT molecular complexity index is 479. The van der Waals surface area contributed by atoms with Gasteiger partial charge in [-0.3, -0.25) is 4.79 Å². The molecule has 1 unspecified atom stereocenters. The number of carbonyl (C=O) groups excluding carboxylic acids is 1. The highest BCUT2D eigenvalue weighted by molar-refractivity contribution is 5.95. The average molecular weight is 276 g/mol. The summed E-state index contributed by atoms with van der Waals surface area (Å²) in [6.07, 6.45) is 2.30. The van der Waals surface area contributed by atoms with E-state index >= 15 is 0 Å². The second-order valence-electron chi connectivity index (χ2n) is 5.85. The molecule has 0 saturated carbocycles. The summed E-state index contributed by atoms with van der Waals surface area (Å²) in [6, 6.07) is 5.67. The van der Waals surface area contributed by atoms with Crippen molar-refractivity contribution in [1.29, 1.82) is 0 Å². The van der Waals surface area contributed by atoms with Crippen molar-refractivity contribution in [2.45, 2.75) is 45.7 Å². The Labute approximate surface area is 120 Å². The summed E-state index contributed by atoms with van der Waals surface area (Å²) in [6.45, 7) is 7.65. The van der Waals surface area contributed by atoms with Crippen molar-refractivity contribution in [3.05, 3.63) is 29.3 Å². The number of amides is 1. The van der Waals surface area contributed by atoms with Gasteiger partial charge in [0.25, 0.3) is 5.91 Å². The number of hydrogen-bond acceptors (Lipinski definition) is 3. The van der Waals surface area contributed by atoms with Crippen LogP contribution in [0.1, 0.15) is 42.6 Å². The number of aryl methyl sites for hydroxylation is 1. The van der Waals surface area contributed by atoms with E-state index in [0.29, 0.717) is 11.6 Å². The first-order valence-electron chi connectivity index (χ1n) is 7.33. The number of nitrogens with zero attached hydrogens (tertiary/aromatic N) is 1. The van der Waals surface area contributed by atoms with Gasteiger partial charge in [0.05, 0.1) is 0 Å². The molecule has 0 spiro atoms. The predicted molar refractivity (Wildman–Crippen MR) is 80.0 cm³/mol. The number of phenols is 1. The minimum atomic E-state index is -0.0102. The lowest BCUT2D eigenvalue weighted by molar-refractivity contribution is 0.0688. The molecule has 2 N–H and O–H groups in total. The lowest BCUT2D eigenvalue weighted by Crippen LogP contribution is -2.44. The van der Waals surface area contributed by atoms with Gasteiger partial charge in [0, 0.05) is 24.2 Å². The Morgan fingerprint density at radius 3 is 2.80 bits per heavy atom. The predicted octanol–water partition coefficient (Wildman–Crippen LogP) is 2.30. The van der Waals surface area contributed by atoms with Crippen LogP contribution >= 0.6 is 0 Å². The first-order valence-corrected chi connectivity index (χ1v) is 7.33. The highest BCUT2D eigenvalue weighted by Gasteiger charge is 2.24. The van der Waals surface area contributed by atoms with Crippen molar-refractivity contribution in [2.24, 2.45) is 0 Å². The minimum absolute atomic E-state index is 0.0102. The van der Waals surface area contributed by atoms with Crippen LogP contribution in [-0.2, 0) is 0 Å². The van der Waals surface area contributed by atoms with Crippen molar-refractivity contribution in [2.75, 3.05) is 13.1 Å². The molecule has 0 radical (unpaired) electrons. The Morgan fingerprint density at radius 2 is 2.25 bits per heavy atom. The fourth-order valence-electron chi connectivity index (χ4n) is 2.59. The number of carbonyl (C=O) groups is 1. The zero-order valence-electron chi connectivity index (χ0n) is 12.5. The third kappa shape index (κ3) is 3.31. The molecule has 20 heavy (non-hydrogen) atoms. The number of benzene rings is 1. The fourth-order valence-corrected chi connectivity index (χ4v) is 2.59. The zero-order chi connectivity index (χ0) is 14.7. The molecule has 0 bridgehead atoms. The summed E-state index contributed by atoms with van der Waals surface area (Å²) >= 11 is 0. The van der Waals surface area contributed by atoms with E-state index in [-0.39, 0.29) is 17.7 Å².